The third-order valence-electron chi connectivity index (χ3n) is 3.09. The van der Waals surface area contributed by atoms with Crippen LogP contribution in [-0.2, 0) is 10.0 Å². The number of carbonyl (C=O) groups excluding carboxylic acids is 1. The molecule has 0 bridgehead atoms. The number of anilines is 1. The normalized spacial score (nSPS) is 11.1. The minimum atomic E-state index is -3.58. The van der Waals surface area contributed by atoms with Crippen LogP contribution in [0.1, 0.15) is 29.8 Å². The summed E-state index contributed by atoms with van der Waals surface area (Å²) >= 11 is 0. The van der Waals surface area contributed by atoms with E-state index in [2.05, 4.69) is 10.0 Å². The zero-order valence-corrected chi connectivity index (χ0v) is 14.1. The van der Waals surface area contributed by atoms with Crippen molar-refractivity contribution >= 4 is 21.6 Å². The van der Waals surface area contributed by atoms with Crippen molar-refractivity contribution in [3.63, 3.8) is 0 Å². The molecule has 7 heteroatoms. The Kier molecular flexibility index (Phi) is 5.34. The summed E-state index contributed by atoms with van der Waals surface area (Å²) in [5, 5.41) is 11.4. The molecule has 0 atom stereocenters. The molecule has 0 saturated heterocycles. The highest BCUT2D eigenvalue weighted by Gasteiger charge is 2.16. The molecular weight excluding hydrogens is 326 g/mol. The Hall–Kier alpha value is -2.69. The van der Waals surface area contributed by atoms with Crippen LogP contribution in [0.3, 0.4) is 0 Å². The Balaban J connectivity index is 2.12. The number of hydrogen-bond donors (Lipinski definition) is 2. The highest BCUT2D eigenvalue weighted by Crippen LogP contribution is 2.14. The van der Waals surface area contributed by atoms with Crippen LogP contribution < -0.4 is 10.0 Å². The van der Waals surface area contributed by atoms with E-state index in [-0.39, 0.29) is 16.8 Å². The van der Waals surface area contributed by atoms with Crippen molar-refractivity contribution in [1.29, 1.82) is 5.26 Å². The number of carbonyl (C=O) groups is 1. The number of nitriles is 1. The topological polar surface area (TPSA) is 99.1 Å². The van der Waals surface area contributed by atoms with E-state index in [1.165, 1.54) is 24.3 Å². The third kappa shape index (κ3) is 4.41. The molecule has 0 heterocycles. The van der Waals surface area contributed by atoms with Crippen molar-refractivity contribution < 1.29 is 13.2 Å². The Morgan fingerprint density at radius 3 is 2.12 bits per heavy atom. The largest absolute Gasteiger partial charge is 0.322 e. The van der Waals surface area contributed by atoms with Gasteiger partial charge in [-0.25, -0.2) is 13.1 Å². The van der Waals surface area contributed by atoms with E-state index in [0.717, 1.165) is 0 Å². The second kappa shape index (κ2) is 7.25. The number of hydrogen-bond acceptors (Lipinski definition) is 4. The van der Waals surface area contributed by atoms with Gasteiger partial charge in [0.15, 0.2) is 0 Å². The molecular formula is C17H17N3O3S. The van der Waals surface area contributed by atoms with Crippen LogP contribution in [-0.4, -0.2) is 20.4 Å². The summed E-state index contributed by atoms with van der Waals surface area (Å²) in [4.78, 5) is 12.3. The average molecular weight is 343 g/mol. The molecule has 24 heavy (non-hydrogen) atoms. The fourth-order valence-electron chi connectivity index (χ4n) is 2.00. The van der Waals surface area contributed by atoms with E-state index < -0.39 is 10.0 Å². The van der Waals surface area contributed by atoms with E-state index in [9.17, 15) is 13.2 Å². The molecule has 2 aromatic rings. The molecule has 0 saturated carbocycles. The van der Waals surface area contributed by atoms with Gasteiger partial charge in [-0.2, -0.15) is 5.26 Å². The molecule has 2 N–H and O–H groups in total. The summed E-state index contributed by atoms with van der Waals surface area (Å²) in [6.45, 7) is 3.47. The number of amides is 1. The first kappa shape index (κ1) is 17.7. The SMILES string of the molecule is CC(C)NS(=O)(=O)c1ccc(C(=O)Nc2ccc(C#N)cc2)cc1. The Morgan fingerprint density at radius 1 is 1.04 bits per heavy atom. The summed E-state index contributed by atoms with van der Waals surface area (Å²) in [5.41, 5.74) is 1.39. The maximum atomic E-state index is 12.2. The van der Waals surface area contributed by atoms with Crippen LogP contribution in [0.15, 0.2) is 53.4 Å². The number of nitrogens with zero attached hydrogens (tertiary/aromatic N) is 1. The summed E-state index contributed by atoms with van der Waals surface area (Å²) in [5.74, 6) is -0.361. The fourth-order valence-corrected chi connectivity index (χ4v) is 3.25. The summed E-state index contributed by atoms with van der Waals surface area (Å²) in [6, 6.07) is 13.9. The van der Waals surface area contributed by atoms with E-state index >= 15 is 0 Å². The number of rotatable bonds is 5. The molecule has 0 aliphatic carbocycles. The van der Waals surface area contributed by atoms with Crippen molar-refractivity contribution in [3.05, 3.63) is 59.7 Å². The van der Waals surface area contributed by atoms with Crippen molar-refractivity contribution in [1.82, 2.24) is 4.72 Å². The molecule has 0 aliphatic rings. The molecule has 0 aliphatic heterocycles. The second-order valence-electron chi connectivity index (χ2n) is 5.44. The van der Waals surface area contributed by atoms with E-state index in [4.69, 9.17) is 5.26 Å². The van der Waals surface area contributed by atoms with Crippen LogP contribution >= 0.6 is 0 Å². The number of nitrogens with one attached hydrogen (secondary N) is 2. The van der Waals surface area contributed by atoms with Gasteiger partial charge in [-0.1, -0.05) is 0 Å². The van der Waals surface area contributed by atoms with Crippen LogP contribution in [0.25, 0.3) is 0 Å². The molecule has 2 rings (SSSR count). The maximum absolute atomic E-state index is 12.2. The fraction of sp³-hybridized carbons (Fsp3) is 0.176. The molecule has 0 fully saturated rings. The Morgan fingerprint density at radius 2 is 1.62 bits per heavy atom. The van der Waals surface area contributed by atoms with E-state index in [0.29, 0.717) is 16.8 Å². The van der Waals surface area contributed by atoms with Crippen molar-refractivity contribution in [2.24, 2.45) is 0 Å². The minimum Gasteiger partial charge on any atom is -0.322 e. The zero-order chi connectivity index (χ0) is 17.7. The van der Waals surface area contributed by atoms with Crippen LogP contribution in [0.2, 0.25) is 0 Å². The summed E-state index contributed by atoms with van der Waals surface area (Å²) in [7, 11) is -3.58. The predicted molar refractivity (Wildman–Crippen MR) is 91.0 cm³/mol. The van der Waals surface area contributed by atoms with Crippen molar-refractivity contribution in [2.45, 2.75) is 24.8 Å². The lowest BCUT2D eigenvalue weighted by Gasteiger charge is -2.10. The van der Waals surface area contributed by atoms with Gasteiger partial charge in [0.2, 0.25) is 10.0 Å². The Labute approximate surface area is 141 Å². The van der Waals surface area contributed by atoms with E-state index in [1.807, 2.05) is 6.07 Å². The summed E-state index contributed by atoms with van der Waals surface area (Å²) in [6.07, 6.45) is 0. The molecule has 1 amide bonds. The van der Waals surface area contributed by atoms with Gasteiger partial charge < -0.3 is 5.32 Å². The highest BCUT2D eigenvalue weighted by molar-refractivity contribution is 7.89. The lowest BCUT2D eigenvalue weighted by molar-refractivity contribution is 0.102. The van der Waals surface area contributed by atoms with E-state index in [1.54, 1.807) is 38.1 Å². The number of benzene rings is 2. The third-order valence-corrected chi connectivity index (χ3v) is 4.76. The molecule has 2 aromatic carbocycles. The van der Waals surface area contributed by atoms with Crippen molar-refractivity contribution in [3.8, 4) is 6.07 Å². The highest BCUT2D eigenvalue weighted by atomic mass is 32.2. The molecule has 0 unspecified atom stereocenters. The molecule has 0 spiro atoms. The lowest BCUT2D eigenvalue weighted by Crippen LogP contribution is -2.30. The van der Waals surface area contributed by atoms with Gasteiger partial charge in [0.05, 0.1) is 16.5 Å². The van der Waals surface area contributed by atoms with Crippen LogP contribution in [0, 0.1) is 11.3 Å². The average Bonchev–Trinajstić information content (AvgIpc) is 2.54. The smallest absolute Gasteiger partial charge is 0.255 e. The lowest BCUT2D eigenvalue weighted by atomic mass is 10.2. The van der Waals surface area contributed by atoms with Gasteiger partial charge in [0.1, 0.15) is 0 Å². The van der Waals surface area contributed by atoms with Gasteiger partial charge in [0, 0.05) is 17.3 Å². The minimum absolute atomic E-state index is 0.103. The van der Waals surface area contributed by atoms with Gasteiger partial charge in [0.25, 0.3) is 5.91 Å². The van der Waals surface area contributed by atoms with Gasteiger partial charge in [-0.05, 0) is 62.4 Å². The molecule has 0 aromatic heterocycles. The van der Waals surface area contributed by atoms with Gasteiger partial charge >= 0.3 is 0 Å². The van der Waals surface area contributed by atoms with Crippen LogP contribution in [0.4, 0.5) is 5.69 Å². The quantitative estimate of drug-likeness (QED) is 0.871. The van der Waals surface area contributed by atoms with Crippen molar-refractivity contribution in [2.75, 3.05) is 5.32 Å². The van der Waals surface area contributed by atoms with Gasteiger partial charge in [-0.15, -0.1) is 0 Å². The first-order valence-electron chi connectivity index (χ1n) is 7.26. The predicted octanol–water partition coefficient (Wildman–Crippen LogP) is 2.50. The van der Waals surface area contributed by atoms with Crippen LogP contribution in [0.5, 0.6) is 0 Å². The first-order chi connectivity index (χ1) is 11.3. The molecule has 0 radical (unpaired) electrons. The number of sulfonamides is 1. The first-order valence-corrected chi connectivity index (χ1v) is 8.74. The van der Waals surface area contributed by atoms with Gasteiger partial charge in [-0.3, -0.25) is 4.79 Å². The standard InChI is InChI=1S/C17H17N3O3S/c1-12(2)20-24(22,23)16-9-5-14(6-10-16)17(21)19-15-7-3-13(11-18)4-8-15/h3-10,12,20H,1-2H3,(H,19,21). The monoisotopic (exact) mass is 343 g/mol. The maximum Gasteiger partial charge on any atom is 0.255 e. The zero-order valence-electron chi connectivity index (χ0n) is 13.3. The molecule has 124 valence electrons. The molecule has 6 nitrogen and oxygen atoms in total. The summed E-state index contributed by atoms with van der Waals surface area (Å²) < 4.78 is 26.6. The second-order valence-corrected chi connectivity index (χ2v) is 7.16. The Bertz CT molecular complexity index is 865.